The molecule has 1 fully saturated rings. The lowest BCUT2D eigenvalue weighted by molar-refractivity contribution is -0.189. The topological polar surface area (TPSA) is 107 Å². The number of carbonyl (C=O) groups excluding carboxylic acids is 2. The van der Waals surface area contributed by atoms with Crippen LogP contribution in [0.25, 0.3) is 0 Å². The van der Waals surface area contributed by atoms with Gasteiger partial charge in [0.25, 0.3) is 0 Å². The van der Waals surface area contributed by atoms with Crippen LogP contribution in [0.15, 0.2) is 0 Å². The van der Waals surface area contributed by atoms with E-state index in [0.29, 0.717) is 19.3 Å². The Morgan fingerprint density at radius 3 is 1.86 bits per heavy atom. The van der Waals surface area contributed by atoms with Crippen LogP contribution in [0.1, 0.15) is 143 Å². The van der Waals surface area contributed by atoms with E-state index in [9.17, 15) is 19.5 Å². The van der Waals surface area contributed by atoms with Gasteiger partial charge in [-0.3, -0.25) is 14.4 Å². The number of unbranched alkanes of at least 4 members (excludes halogenated alkanes) is 12. The normalized spacial score (nSPS) is 20.0. The number of primary amides is 1. The molecule has 4 atom stereocenters. The molecule has 1 amide bonds. The van der Waals surface area contributed by atoms with Crippen LogP contribution in [-0.4, -0.2) is 29.1 Å². The predicted octanol–water partition coefficient (Wildman–Crippen LogP) is 7.17. The summed E-state index contributed by atoms with van der Waals surface area (Å²) in [6.45, 7) is 6.37. The lowest BCUT2D eigenvalue weighted by Crippen LogP contribution is -2.53. The first-order chi connectivity index (χ1) is 16.8. The van der Waals surface area contributed by atoms with E-state index in [2.05, 4.69) is 13.8 Å². The van der Waals surface area contributed by atoms with Gasteiger partial charge in [-0.25, -0.2) is 0 Å². The fourth-order valence-electron chi connectivity index (χ4n) is 5.62. The smallest absolute Gasteiger partial charge is 0.319 e. The van der Waals surface area contributed by atoms with E-state index in [4.69, 9.17) is 10.5 Å². The second-order valence-corrected chi connectivity index (χ2v) is 10.7. The number of hydrogen-bond donors (Lipinski definition) is 2. The van der Waals surface area contributed by atoms with Gasteiger partial charge in [-0.1, -0.05) is 117 Å². The zero-order valence-corrected chi connectivity index (χ0v) is 22.8. The van der Waals surface area contributed by atoms with Crippen molar-refractivity contribution >= 4 is 17.8 Å². The monoisotopic (exact) mass is 495 g/mol. The summed E-state index contributed by atoms with van der Waals surface area (Å²) in [5, 5.41) is 10.2. The van der Waals surface area contributed by atoms with Gasteiger partial charge in [0, 0.05) is 0 Å². The molecule has 204 valence electrons. The number of nitrogens with two attached hydrogens (primary N) is 1. The second kappa shape index (κ2) is 17.8. The minimum Gasteiger partial charge on any atom is -0.480 e. The Kier molecular flexibility index (Phi) is 16.0. The Labute approximate surface area is 214 Å². The van der Waals surface area contributed by atoms with E-state index in [1.165, 1.54) is 38.5 Å². The largest absolute Gasteiger partial charge is 0.480 e. The number of rotatable bonds is 23. The van der Waals surface area contributed by atoms with E-state index in [1.54, 1.807) is 0 Å². The number of esters is 1. The standard InChI is InChI=1S/C29H53NO5/c1-4-7-10-12-13-14-15-16-17-19-23(29(27(30)32,28(33)34)21-9-6-3)22-25-24(26(31)35-25)20-18-11-8-5-2/h23-25H,4-22H2,1-3H3,(H2,30,32)(H,33,34)/t23?,24-,25-,29+/m0/s1. The first kappa shape index (κ1) is 31.4. The molecule has 0 aromatic heterocycles. The van der Waals surface area contributed by atoms with Crippen LogP contribution in [0.5, 0.6) is 0 Å². The number of aliphatic carboxylic acids is 1. The van der Waals surface area contributed by atoms with Crippen LogP contribution in [0.4, 0.5) is 0 Å². The minimum atomic E-state index is -1.59. The maximum absolute atomic E-state index is 12.7. The maximum Gasteiger partial charge on any atom is 0.319 e. The Bertz CT molecular complexity index is 606. The third kappa shape index (κ3) is 10.1. The Morgan fingerprint density at radius 2 is 1.37 bits per heavy atom. The van der Waals surface area contributed by atoms with Crippen molar-refractivity contribution in [2.75, 3.05) is 0 Å². The van der Waals surface area contributed by atoms with Crippen molar-refractivity contribution in [3.05, 3.63) is 0 Å². The summed E-state index contributed by atoms with van der Waals surface area (Å²) in [4.78, 5) is 37.4. The van der Waals surface area contributed by atoms with E-state index in [1.807, 2.05) is 6.92 Å². The van der Waals surface area contributed by atoms with Gasteiger partial charge in [-0.15, -0.1) is 0 Å². The lowest BCUT2D eigenvalue weighted by Gasteiger charge is -2.42. The van der Waals surface area contributed by atoms with E-state index in [0.717, 1.165) is 57.8 Å². The molecule has 0 aliphatic carbocycles. The molecule has 1 aliphatic heterocycles. The molecule has 0 radical (unpaired) electrons. The first-order valence-electron chi connectivity index (χ1n) is 14.6. The SMILES string of the molecule is CCCCCCCCCCCC(C[C@@H]1OC(=O)[C@H]1CCCCCC)[C@](CCCC)(C(N)=O)C(=O)O. The predicted molar refractivity (Wildman–Crippen MR) is 141 cm³/mol. The molecule has 0 aromatic carbocycles. The van der Waals surface area contributed by atoms with Crippen LogP contribution >= 0.6 is 0 Å². The van der Waals surface area contributed by atoms with Gasteiger partial charge in [0.15, 0.2) is 0 Å². The molecule has 1 heterocycles. The van der Waals surface area contributed by atoms with Gasteiger partial charge < -0.3 is 15.6 Å². The molecule has 6 heteroatoms. The zero-order valence-electron chi connectivity index (χ0n) is 22.8. The molecule has 1 rings (SSSR count). The van der Waals surface area contributed by atoms with Crippen LogP contribution in [0, 0.1) is 17.3 Å². The lowest BCUT2D eigenvalue weighted by atomic mass is 9.65. The molecule has 3 N–H and O–H groups in total. The fourth-order valence-corrected chi connectivity index (χ4v) is 5.62. The van der Waals surface area contributed by atoms with Gasteiger partial charge in [-0.2, -0.15) is 0 Å². The molecule has 1 saturated heterocycles. The number of ether oxygens (including phenoxy) is 1. The average molecular weight is 496 g/mol. The summed E-state index contributed by atoms with van der Waals surface area (Å²) in [5.74, 6) is -2.64. The number of carboxylic acid groups (broad SMARTS) is 1. The average Bonchev–Trinajstić information content (AvgIpc) is 2.82. The Hall–Kier alpha value is -1.59. The van der Waals surface area contributed by atoms with Crippen LogP contribution in [-0.2, 0) is 19.1 Å². The molecule has 0 bridgehead atoms. The number of cyclic esters (lactones) is 1. The summed E-state index contributed by atoms with van der Waals surface area (Å²) >= 11 is 0. The van der Waals surface area contributed by atoms with Crippen LogP contribution in [0.2, 0.25) is 0 Å². The highest BCUT2D eigenvalue weighted by molar-refractivity contribution is 6.01. The van der Waals surface area contributed by atoms with E-state index >= 15 is 0 Å². The molecular weight excluding hydrogens is 442 g/mol. The quantitative estimate of drug-likeness (QED) is 0.0887. The van der Waals surface area contributed by atoms with Crippen molar-refractivity contribution in [1.29, 1.82) is 0 Å². The van der Waals surface area contributed by atoms with Crippen molar-refractivity contribution in [3.63, 3.8) is 0 Å². The molecule has 0 saturated carbocycles. The highest BCUT2D eigenvalue weighted by atomic mass is 16.6. The molecule has 35 heavy (non-hydrogen) atoms. The van der Waals surface area contributed by atoms with Gasteiger partial charge in [0.2, 0.25) is 5.91 Å². The van der Waals surface area contributed by atoms with E-state index < -0.39 is 23.2 Å². The zero-order chi connectivity index (χ0) is 26.1. The fraction of sp³-hybridized carbons (Fsp3) is 0.897. The number of carbonyl (C=O) groups is 3. The Morgan fingerprint density at radius 1 is 0.857 bits per heavy atom. The van der Waals surface area contributed by atoms with Gasteiger partial charge in [0.1, 0.15) is 11.5 Å². The molecule has 1 unspecified atom stereocenters. The number of amides is 1. The number of hydrogen-bond acceptors (Lipinski definition) is 4. The highest BCUT2D eigenvalue weighted by Gasteiger charge is 2.53. The van der Waals surface area contributed by atoms with Gasteiger partial charge in [-0.05, 0) is 31.6 Å². The third-order valence-corrected chi connectivity index (χ3v) is 8.00. The highest BCUT2D eigenvalue weighted by Crippen LogP contribution is 2.44. The van der Waals surface area contributed by atoms with Gasteiger partial charge >= 0.3 is 11.9 Å². The van der Waals surface area contributed by atoms with Crippen molar-refractivity contribution < 1.29 is 24.2 Å². The van der Waals surface area contributed by atoms with Crippen molar-refractivity contribution in [2.45, 2.75) is 149 Å². The van der Waals surface area contributed by atoms with Crippen molar-refractivity contribution in [1.82, 2.24) is 0 Å². The summed E-state index contributed by atoms with van der Waals surface area (Å²) in [6.07, 6.45) is 18.2. The van der Waals surface area contributed by atoms with Gasteiger partial charge in [0.05, 0.1) is 5.92 Å². The maximum atomic E-state index is 12.7. The minimum absolute atomic E-state index is 0.178. The van der Waals surface area contributed by atoms with Crippen molar-refractivity contribution in [3.8, 4) is 0 Å². The summed E-state index contributed by atoms with van der Waals surface area (Å²) in [7, 11) is 0. The molecular formula is C29H53NO5. The Balaban J connectivity index is 2.81. The summed E-state index contributed by atoms with van der Waals surface area (Å²) in [6, 6.07) is 0. The molecule has 0 aromatic rings. The molecule has 0 spiro atoms. The summed E-state index contributed by atoms with van der Waals surface area (Å²) in [5.41, 5.74) is 4.21. The van der Waals surface area contributed by atoms with E-state index in [-0.39, 0.29) is 24.4 Å². The number of carboxylic acids is 1. The van der Waals surface area contributed by atoms with Crippen LogP contribution in [0.3, 0.4) is 0 Å². The molecule has 6 nitrogen and oxygen atoms in total. The first-order valence-corrected chi connectivity index (χ1v) is 14.6. The molecule has 1 aliphatic rings. The van der Waals surface area contributed by atoms with Crippen molar-refractivity contribution in [2.24, 2.45) is 23.0 Å². The van der Waals surface area contributed by atoms with Crippen LogP contribution < -0.4 is 5.73 Å². The second-order valence-electron chi connectivity index (χ2n) is 10.7. The summed E-state index contributed by atoms with van der Waals surface area (Å²) < 4.78 is 5.51. The third-order valence-electron chi connectivity index (χ3n) is 8.00.